The smallest absolute Gasteiger partial charge is 0.244 e. The molecule has 0 aliphatic carbocycles. The molecule has 1 saturated heterocycles. The summed E-state index contributed by atoms with van der Waals surface area (Å²) in [6, 6.07) is 8.23. The van der Waals surface area contributed by atoms with Crippen LogP contribution in [-0.4, -0.2) is 44.0 Å². The van der Waals surface area contributed by atoms with Gasteiger partial charge in [-0.25, -0.2) is 13.4 Å². The zero-order valence-corrected chi connectivity index (χ0v) is 14.9. The molecule has 1 aromatic carbocycles. The molecule has 6 nitrogen and oxygen atoms in total. The molecule has 1 fully saturated rings. The van der Waals surface area contributed by atoms with Crippen LogP contribution < -0.4 is 5.32 Å². The van der Waals surface area contributed by atoms with E-state index < -0.39 is 10.0 Å². The van der Waals surface area contributed by atoms with Crippen LogP contribution in [0.15, 0.2) is 41.4 Å². The van der Waals surface area contributed by atoms with Crippen molar-refractivity contribution in [3.05, 3.63) is 46.6 Å². The Balaban J connectivity index is 1.76. The van der Waals surface area contributed by atoms with Gasteiger partial charge in [0.1, 0.15) is 10.7 Å². The maximum atomic E-state index is 12.5. The maximum absolute atomic E-state index is 12.5. The van der Waals surface area contributed by atoms with Crippen molar-refractivity contribution in [2.75, 3.05) is 31.6 Å². The lowest BCUT2D eigenvalue weighted by Gasteiger charge is -2.25. The molecule has 0 radical (unpaired) electrons. The van der Waals surface area contributed by atoms with Crippen molar-refractivity contribution >= 4 is 44.7 Å². The van der Waals surface area contributed by atoms with E-state index >= 15 is 0 Å². The van der Waals surface area contributed by atoms with Crippen molar-refractivity contribution in [1.29, 1.82) is 0 Å². The summed E-state index contributed by atoms with van der Waals surface area (Å²) in [5.41, 5.74) is 0.709. The van der Waals surface area contributed by atoms with Gasteiger partial charge in [0.15, 0.2) is 0 Å². The molecule has 3 rings (SSSR count). The molecule has 1 aliphatic rings. The van der Waals surface area contributed by atoms with Crippen LogP contribution in [0.5, 0.6) is 0 Å². The summed E-state index contributed by atoms with van der Waals surface area (Å²) >= 11 is 11.8. The number of pyridine rings is 1. The highest BCUT2D eigenvalue weighted by molar-refractivity contribution is 7.89. The van der Waals surface area contributed by atoms with E-state index in [1.165, 1.54) is 16.6 Å². The summed E-state index contributed by atoms with van der Waals surface area (Å²) < 4.78 is 31.6. The molecule has 1 aromatic heterocycles. The number of rotatable bonds is 4. The molecule has 24 heavy (non-hydrogen) atoms. The Morgan fingerprint density at radius 2 is 1.83 bits per heavy atom. The SMILES string of the molecule is O=S(=O)(c1ccc(Nc2ccc(Cl)c(Cl)c2)nc1)N1CCOCC1. The molecule has 2 aromatic rings. The van der Waals surface area contributed by atoms with E-state index in [1.54, 1.807) is 24.3 Å². The number of sulfonamides is 1. The summed E-state index contributed by atoms with van der Waals surface area (Å²) in [6.07, 6.45) is 1.34. The number of hydrogen-bond donors (Lipinski definition) is 1. The van der Waals surface area contributed by atoms with Gasteiger partial charge in [0.2, 0.25) is 10.0 Å². The van der Waals surface area contributed by atoms with Crippen LogP contribution in [0.25, 0.3) is 0 Å². The topological polar surface area (TPSA) is 71.5 Å². The molecule has 0 saturated carbocycles. The van der Waals surface area contributed by atoms with Gasteiger partial charge in [0.25, 0.3) is 0 Å². The fraction of sp³-hybridized carbons (Fsp3) is 0.267. The quantitative estimate of drug-likeness (QED) is 0.871. The molecule has 0 amide bonds. The van der Waals surface area contributed by atoms with Crippen molar-refractivity contribution in [2.24, 2.45) is 0 Å². The summed E-state index contributed by atoms with van der Waals surface area (Å²) in [5.74, 6) is 0.509. The average molecular weight is 388 g/mol. The van der Waals surface area contributed by atoms with E-state index in [9.17, 15) is 8.42 Å². The van der Waals surface area contributed by atoms with Crippen LogP contribution >= 0.6 is 23.2 Å². The van der Waals surface area contributed by atoms with Gasteiger partial charge in [-0.05, 0) is 30.3 Å². The summed E-state index contributed by atoms with van der Waals surface area (Å²) in [6.45, 7) is 1.52. The third-order valence-electron chi connectivity index (χ3n) is 3.54. The van der Waals surface area contributed by atoms with E-state index in [-0.39, 0.29) is 4.90 Å². The van der Waals surface area contributed by atoms with Gasteiger partial charge < -0.3 is 10.1 Å². The van der Waals surface area contributed by atoms with Gasteiger partial charge in [-0.3, -0.25) is 0 Å². The number of benzene rings is 1. The molecular weight excluding hydrogens is 373 g/mol. The van der Waals surface area contributed by atoms with Crippen molar-refractivity contribution in [3.8, 4) is 0 Å². The molecule has 1 aliphatic heterocycles. The van der Waals surface area contributed by atoms with Gasteiger partial charge >= 0.3 is 0 Å². The zero-order valence-electron chi connectivity index (χ0n) is 12.6. The number of halogens is 2. The second-order valence-electron chi connectivity index (χ2n) is 5.15. The fourth-order valence-electron chi connectivity index (χ4n) is 2.26. The number of nitrogens with zero attached hydrogens (tertiary/aromatic N) is 2. The highest BCUT2D eigenvalue weighted by Crippen LogP contribution is 2.27. The van der Waals surface area contributed by atoms with E-state index in [0.717, 1.165) is 0 Å². The maximum Gasteiger partial charge on any atom is 0.244 e. The first-order valence-electron chi connectivity index (χ1n) is 7.23. The Morgan fingerprint density at radius 1 is 1.08 bits per heavy atom. The number of anilines is 2. The minimum atomic E-state index is -3.54. The Bertz CT molecular complexity index is 822. The molecule has 0 unspecified atom stereocenters. The second-order valence-corrected chi connectivity index (χ2v) is 7.90. The van der Waals surface area contributed by atoms with Gasteiger partial charge in [0.05, 0.1) is 23.3 Å². The molecule has 0 bridgehead atoms. The lowest BCUT2D eigenvalue weighted by Crippen LogP contribution is -2.40. The van der Waals surface area contributed by atoms with Crippen LogP contribution in [0.1, 0.15) is 0 Å². The van der Waals surface area contributed by atoms with Crippen molar-refractivity contribution in [2.45, 2.75) is 4.90 Å². The Labute approximate surface area is 150 Å². The minimum absolute atomic E-state index is 0.157. The molecule has 1 N–H and O–H groups in total. The van der Waals surface area contributed by atoms with E-state index in [1.807, 2.05) is 0 Å². The Morgan fingerprint density at radius 3 is 2.46 bits per heavy atom. The molecule has 9 heteroatoms. The molecular formula is C15H15Cl2N3O3S. The van der Waals surface area contributed by atoms with Gasteiger partial charge in [-0.2, -0.15) is 4.31 Å². The van der Waals surface area contributed by atoms with Crippen LogP contribution in [0.2, 0.25) is 10.0 Å². The Kier molecular flexibility index (Phi) is 5.27. The normalized spacial score (nSPS) is 16.1. The predicted molar refractivity (Wildman–Crippen MR) is 93.6 cm³/mol. The highest BCUT2D eigenvalue weighted by atomic mass is 35.5. The van der Waals surface area contributed by atoms with Crippen LogP contribution in [0.3, 0.4) is 0 Å². The standard InChI is InChI=1S/C15H15Cl2N3O3S/c16-13-3-1-11(9-14(13)17)19-15-4-2-12(10-18-15)24(21,22)20-5-7-23-8-6-20/h1-4,9-10H,5-8H2,(H,18,19). The summed E-state index contributed by atoms with van der Waals surface area (Å²) in [4.78, 5) is 4.32. The summed E-state index contributed by atoms with van der Waals surface area (Å²) in [5, 5.41) is 3.93. The number of nitrogens with one attached hydrogen (secondary N) is 1. The van der Waals surface area contributed by atoms with Crippen molar-refractivity contribution < 1.29 is 13.2 Å². The second kappa shape index (κ2) is 7.25. The van der Waals surface area contributed by atoms with Crippen molar-refractivity contribution in [1.82, 2.24) is 9.29 Å². The van der Waals surface area contributed by atoms with Gasteiger partial charge in [0, 0.05) is 25.0 Å². The monoisotopic (exact) mass is 387 g/mol. The van der Waals surface area contributed by atoms with Crippen LogP contribution in [-0.2, 0) is 14.8 Å². The largest absolute Gasteiger partial charge is 0.379 e. The number of morpholine rings is 1. The zero-order chi connectivity index (χ0) is 17.2. The fourth-order valence-corrected chi connectivity index (χ4v) is 3.92. The Hall–Kier alpha value is -1.38. The van der Waals surface area contributed by atoms with Gasteiger partial charge in [-0.15, -0.1) is 0 Å². The third-order valence-corrected chi connectivity index (χ3v) is 6.16. The minimum Gasteiger partial charge on any atom is -0.379 e. The predicted octanol–water partition coefficient (Wildman–Crippen LogP) is 3.15. The number of aromatic nitrogens is 1. The molecule has 128 valence electrons. The average Bonchev–Trinajstić information content (AvgIpc) is 2.59. The van der Waals surface area contributed by atoms with E-state index in [2.05, 4.69) is 10.3 Å². The molecule has 0 spiro atoms. The molecule has 0 atom stereocenters. The van der Waals surface area contributed by atoms with Crippen molar-refractivity contribution in [3.63, 3.8) is 0 Å². The first-order valence-corrected chi connectivity index (χ1v) is 9.42. The van der Waals surface area contributed by atoms with Crippen LogP contribution in [0, 0.1) is 0 Å². The number of ether oxygens (including phenoxy) is 1. The lowest BCUT2D eigenvalue weighted by atomic mass is 10.3. The van der Waals surface area contributed by atoms with E-state index in [0.29, 0.717) is 47.9 Å². The van der Waals surface area contributed by atoms with Gasteiger partial charge in [-0.1, -0.05) is 23.2 Å². The first kappa shape index (κ1) is 17.4. The lowest BCUT2D eigenvalue weighted by molar-refractivity contribution is 0.0730. The number of hydrogen-bond acceptors (Lipinski definition) is 5. The highest BCUT2D eigenvalue weighted by Gasteiger charge is 2.26. The van der Waals surface area contributed by atoms with E-state index in [4.69, 9.17) is 27.9 Å². The van der Waals surface area contributed by atoms with Crippen LogP contribution in [0.4, 0.5) is 11.5 Å². The molecule has 2 heterocycles. The first-order chi connectivity index (χ1) is 11.5. The third kappa shape index (κ3) is 3.81. The summed E-state index contributed by atoms with van der Waals surface area (Å²) in [7, 11) is -3.54.